The molecule has 2 nitrogen and oxygen atoms in total. The van der Waals surface area contributed by atoms with Gasteiger partial charge >= 0.3 is 5.97 Å². The highest BCUT2D eigenvalue weighted by molar-refractivity contribution is 5.75. The zero-order valence-electron chi connectivity index (χ0n) is 14.2. The Labute approximate surface area is 134 Å². The Morgan fingerprint density at radius 2 is 1.91 bits per heavy atom. The van der Waals surface area contributed by atoms with Crippen LogP contribution >= 0.6 is 0 Å². The lowest BCUT2D eigenvalue weighted by Gasteiger charge is -2.63. The molecule has 22 heavy (non-hydrogen) atoms. The van der Waals surface area contributed by atoms with Crippen LogP contribution in [-0.2, 0) is 4.79 Å². The molecule has 0 radical (unpaired) electrons. The number of rotatable bonds is 1. The highest BCUT2D eigenvalue weighted by atomic mass is 16.4. The first-order valence-corrected chi connectivity index (χ1v) is 9.23. The van der Waals surface area contributed by atoms with Crippen molar-refractivity contribution in [1.29, 1.82) is 0 Å². The first kappa shape index (κ1) is 14.8. The summed E-state index contributed by atoms with van der Waals surface area (Å²) in [7, 11) is 0. The molecule has 0 amide bonds. The molecule has 1 spiro atoms. The molecule has 4 saturated carbocycles. The van der Waals surface area contributed by atoms with E-state index in [2.05, 4.69) is 13.5 Å². The molecular formula is C20H30O2. The molecule has 122 valence electrons. The zero-order valence-corrected chi connectivity index (χ0v) is 14.2. The third kappa shape index (κ3) is 1.65. The van der Waals surface area contributed by atoms with Crippen LogP contribution in [0.25, 0.3) is 0 Å². The highest BCUT2D eigenvalue weighted by Gasteiger charge is 2.64. The Balaban J connectivity index is 1.75. The number of carbonyl (C=O) groups is 1. The molecule has 0 aromatic carbocycles. The van der Waals surface area contributed by atoms with Crippen LogP contribution in [0.3, 0.4) is 0 Å². The Kier molecular flexibility index (Phi) is 2.95. The fourth-order valence-corrected chi connectivity index (χ4v) is 7.61. The number of aliphatic carboxylic acids is 1. The maximum Gasteiger partial charge on any atom is 0.309 e. The van der Waals surface area contributed by atoms with Gasteiger partial charge in [-0.3, -0.25) is 4.79 Å². The number of fused-ring (bicyclic) bond motifs is 3. The van der Waals surface area contributed by atoms with E-state index >= 15 is 0 Å². The lowest BCUT2D eigenvalue weighted by Crippen LogP contribution is -2.58. The second kappa shape index (κ2) is 4.39. The van der Waals surface area contributed by atoms with Crippen LogP contribution in [-0.4, -0.2) is 11.1 Å². The molecule has 2 bridgehead atoms. The van der Waals surface area contributed by atoms with Crippen molar-refractivity contribution in [3.8, 4) is 0 Å². The summed E-state index contributed by atoms with van der Waals surface area (Å²) in [5, 5.41) is 9.90. The third-order valence-electron chi connectivity index (χ3n) is 8.54. The summed E-state index contributed by atoms with van der Waals surface area (Å²) < 4.78 is 0. The summed E-state index contributed by atoms with van der Waals surface area (Å²) in [6.07, 6.45) is 10.8. The normalized spacial score (nSPS) is 53.7. The van der Waals surface area contributed by atoms with Crippen molar-refractivity contribution < 1.29 is 9.90 Å². The largest absolute Gasteiger partial charge is 0.481 e. The summed E-state index contributed by atoms with van der Waals surface area (Å²) in [6.45, 7) is 8.86. The average Bonchev–Trinajstić information content (AvgIpc) is 2.68. The van der Waals surface area contributed by atoms with Gasteiger partial charge in [-0.05, 0) is 86.9 Å². The Bertz CT molecular complexity index is 538. The van der Waals surface area contributed by atoms with Gasteiger partial charge in [0.1, 0.15) is 0 Å². The van der Waals surface area contributed by atoms with Gasteiger partial charge in [0.05, 0.1) is 5.41 Å². The van der Waals surface area contributed by atoms with Crippen molar-refractivity contribution in [2.24, 2.45) is 34.0 Å². The summed E-state index contributed by atoms with van der Waals surface area (Å²) in [4.78, 5) is 12.0. The van der Waals surface area contributed by atoms with Crippen LogP contribution in [0.4, 0.5) is 0 Å². The van der Waals surface area contributed by atoms with Gasteiger partial charge in [0.2, 0.25) is 0 Å². The number of hydrogen-bond donors (Lipinski definition) is 1. The summed E-state index contributed by atoms with van der Waals surface area (Å²) in [5.41, 5.74) is 1.71. The quantitative estimate of drug-likeness (QED) is 0.689. The fraction of sp³-hybridized carbons (Fsp3) is 0.850. The van der Waals surface area contributed by atoms with Crippen molar-refractivity contribution in [2.75, 3.05) is 0 Å². The minimum atomic E-state index is -0.552. The van der Waals surface area contributed by atoms with E-state index in [0.29, 0.717) is 11.3 Å². The number of carboxylic acid groups (broad SMARTS) is 1. The molecule has 2 heteroatoms. The number of hydrogen-bond acceptors (Lipinski definition) is 1. The Hall–Kier alpha value is -0.790. The molecule has 2 unspecified atom stereocenters. The summed E-state index contributed by atoms with van der Waals surface area (Å²) >= 11 is 0. The topological polar surface area (TPSA) is 37.3 Å². The minimum Gasteiger partial charge on any atom is -0.481 e. The van der Waals surface area contributed by atoms with E-state index in [9.17, 15) is 9.90 Å². The molecule has 0 heterocycles. The molecule has 4 fully saturated rings. The molecule has 0 aromatic rings. The van der Waals surface area contributed by atoms with Crippen molar-refractivity contribution in [3.63, 3.8) is 0 Å². The molecule has 4 aliphatic carbocycles. The Morgan fingerprint density at radius 1 is 1.14 bits per heavy atom. The third-order valence-corrected chi connectivity index (χ3v) is 8.54. The lowest BCUT2D eigenvalue weighted by atomic mass is 9.41. The van der Waals surface area contributed by atoms with Gasteiger partial charge in [-0.2, -0.15) is 0 Å². The van der Waals surface area contributed by atoms with E-state index in [1.54, 1.807) is 0 Å². The molecule has 6 atom stereocenters. The van der Waals surface area contributed by atoms with E-state index in [1.807, 2.05) is 6.92 Å². The minimum absolute atomic E-state index is 0.235. The van der Waals surface area contributed by atoms with E-state index in [-0.39, 0.29) is 5.41 Å². The van der Waals surface area contributed by atoms with Crippen LogP contribution < -0.4 is 0 Å². The Morgan fingerprint density at radius 3 is 2.64 bits per heavy atom. The van der Waals surface area contributed by atoms with Crippen LogP contribution in [0.1, 0.15) is 71.6 Å². The maximum atomic E-state index is 12.0. The van der Waals surface area contributed by atoms with Crippen LogP contribution in [0, 0.1) is 34.0 Å². The molecule has 0 aliphatic heterocycles. The van der Waals surface area contributed by atoms with Crippen LogP contribution in [0.2, 0.25) is 0 Å². The fourth-order valence-electron chi connectivity index (χ4n) is 7.61. The van der Waals surface area contributed by atoms with Crippen molar-refractivity contribution in [1.82, 2.24) is 0 Å². The van der Waals surface area contributed by atoms with Gasteiger partial charge in [-0.25, -0.2) is 0 Å². The maximum absolute atomic E-state index is 12.0. The second-order valence-electron chi connectivity index (χ2n) is 9.40. The summed E-state index contributed by atoms with van der Waals surface area (Å²) in [6, 6.07) is 0. The average molecular weight is 302 g/mol. The predicted molar refractivity (Wildman–Crippen MR) is 87.4 cm³/mol. The van der Waals surface area contributed by atoms with Gasteiger partial charge in [-0.15, -0.1) is 0 Å². The van der Waals surface area contributed by atoms with Crippen LogP contribution in [0.15, 0.2) is 12.2 Å². The predicted octanol–water partition coefficient (Wildman–Crippen LogP) is 5.04. The van der Waals surface area contributed by atoms with Gasteiger partial charge < -0.3 is 5.11 Å². The van der Waals surface area contributed by atoms with E-state index in [4.69, 9.17) is 0 Å². The molecule has 0 aromatic heterocycles. The van der Waals surface area contributed by atoms with E-state index in [1.165, 1.54) is 44.1 Å². The van der Waals surface area contributed by atoms with Crippen LogP contribution in [0.5, 0.6) is 0 Å². The van der Waals surface area contributed by atoms with Crippen molar-refractivity contribution >= 4 is 5.97 Å². The monoisotopic (exact) mass is 302 g/mol. The highest BCUT2D eigenvalue weighted by Crippen LogP contribution is 2.72. The summed E-state index contributed by atoms with van der Waals surface area (Å²) in [5.74, 6) is 1.32. The molecule has 4 rings (SSSR count). The second-order valence-corrected chi connectivity index (χ2v) is 9.40. The first-order valence-electron chi connectivity index (χ1n) is 9.23. The molecule has 1 N–H and O–H groups in total. The molecule has 0 saturated heterocycles. The van der Waals surface area contributed by atoms with Gasteiger partial charge in [0.25, 0.3) is 0 Å². The molecular weight excluding hydrogens is 272 g/mol. The van der Waals surface area contributed by atoms with E-state index < -0.39 is 11.4 Å². The lowest BCUT2D eigenvalue weighted by molar-refractivity contribution is -0.181. The van der Waals surface area contributed by atoms with Gasteiger partial charge in [0, 0.05) is 0 Å². The number of carboxylic acids is 1. The van der Waals surface area contributed by atoms with Gasteiger partial charge in [0.15, 0.2) is 0 Å². The zero-order chi connectivity index (χ0) is 15.8. The first-order chi connectivity index (χ1) is 10.3. The number of allylic oxidation sites excluding steroid dienone is 1. The van der Waals surface area contributed by atoms with Crippen molar-refractivity contribution in [2.45, 2.75) is 71.6 Å². The smallest absolute Gasteiger partial charge is 0.309 e. The standard InChI is InChI=1S/C20H30O2/c1-13-11-20-10-7-15-18(2,16(20)6-5-14(13)12-20)8-4-9-19(15,3)17(21)22/h14-16H,1,4-12H2,2-3H3,(H,21,22)/t14-,15?,16?,18+,19+,20+/m0/s1. The molecule has 4 aliphatic rings. The SMILES string of the molecule is C=C1C[C@@]23CCC4[C@@](C)(CCC[C@@]4(C)C(=O)O)C2CC[C@H]1C3. The van der Waals surface area contributed by atoms with Crippen molar-refractivity contribution in [3.05, 3.63) is 12.2 Å². The van der Waals surface area contributed by atoms with Gasteiger partial charge in [-0.1, -0.05) is 25.5 Å². The van der Waals surface area contributed by atoms with E-state index in [0.717, 1.165) is 31.1 Å².